The number of rotatable bonds is 4. The Labute approximate surface area is 120 Å². The van der Waals surface area contributed by atoms with Gasteiger partial charge in [-0.25, -0.2) is 4.98 Å². The molecule has 18 heavy (non-hydrogen) atoms. The van der Waals surface area contributed by atoms with E-state index in [1.165, 1.54) is 35.5 Å². The number of thiazole rings is 1. The fourth-order valence-electron chi connectivity index (χ4n) is 2.72. The number of anilines is 1. The Bertz CT molecular complexity index is 486. The average molecular weight is 325 g/mol. The molecule has 0 unspecified atom stereocenters. The predicted molar refractivity (Wildman–Crippen MR) is 83.0 cm³/mol. The lowest BCUT2D eigenvalue weighted by atomic mass is 10.2. The molecule has 1 aliphatic rings. The number of hydrogen-bond donors (Lipinski definition) is 0. The Morgan fingerprint density at radius 2 is 2.06 bits per heavy atom. The molecule has 1 aromatic carbocycles. The summed E-state index contributed by atoms with van der Waals surface area (Å²) >= 11 is 5.40. The molecule has 0 N–H and O–H groups in total. The van der Waals surface area contributed by atoms with Crippen molar-refractivity contribution in [1.29, 1.82) is 0 Å². The zero-order chi connectivity index (χ0) is 12.4. The van der Waals surface area contributed by atoms with E-state index in [0.717, 1.165) is 17.4 Å². The zero-order valence-electron chi connectivity index (χ0n) is 10.3. The van der Waals surface area contributed by atoms with Gasteiger partial charge < -0.3 is 4.90 Å². The third-order valence-electron chi connectivity index (χ3n) is 3.62. The van der Waals surface area contributed by atoms with E-state index in [1.54, 1.807) is 0 Å². The van der Waals surface area contributed by atoms with Gasteiger partial charge in [-0.15, -0.1) is 0 Å². The molecule has 0 amide bonds. The number of nitrogens with zero attached hydrogens (tertiary/aromatic N) is 2. The van der Waals surface area contributed by atoms with E-state index < -0.39 is 0 Å². The SMILES string of the molecule is BrCCN(c1nc2ccccc2s1)C1CCCC1. The second-order valence-corrected chi connectivity index (χ2v) is 6.59. The Morgan fingerprint density at radius 3 is 2.78 bits per heavy atom. The molecule has 0 atom stereocenters. The van der Waals surface area contributed by atoms with Crippen LogP contribution in [0.2, 0.25) is 0 Å². The Hall–Kier alpha value is -0.610. The van der Waals surface area contributed by atoms with Gasteiger partial charge >= 0.3 is 0 Å². The molecule has 96 valence electrons. The van der Waals surface area contributed by atoms with Crippen LogP contribution in [0.3, 0.4) is 0 Å². The minimum atomic E-state index is 0.697. The second-order valence-electron chi connectivity index (χ2n) is 4.78. The molecule has 1 aliphatic carbocycles. The molecule has 2 nitrogen and oxygen atoms in total. The summed E-state index contributed by atoms with van der Waals surface area (Å²) < 4.78 is 1.30. The molecule has 4 heteroatoms. The van der Waals surface area contributed by atoms with Gasteiger partial charge in [0.25, 0.3) is 0 Å². The molecule has 1 saturated carbocycles. The number of fused-ring (bicyclic) bond motifs is 1. The second kappa shape index (κ2) is 5.57. The third-order valence-corrected chi connectivity index (χ3v) is 5.05. The highest BCUT2D eigenvalue weighted by atomic mass is 79.9. The van der Waals surface area contributed by atoms with Crippen molar-refractivity contribution in [1.82, 2.24) is 4.98 Å². The highest BCUT2D eigenvalue weighted by Crippen LogP contribution is 2.33. The molecule has 0 spiro atoms. The molecule has 0 bridgehead atoms. The highest BCUT2D eigenvalue weighted by Gasteiger charge is 2.24. The minimum absolute atomic E-state index is 0.697. The number of aromatic nitrogens is 1. The van der Waals surface area contributed by atoms with E-state index >= 15 is 0 Å². The van der Waals surface area contributed by atoms with Crippen LogP contribution in [0.1, 0.15) is 25.7 Å². The van der Waals surface area contributed by atoms with Crippen LogP contribution in [0.5, 0.6) is 0 Å². The van der Waals surface area contributed by atoms with Gasteiger partial charge in [0, 0.05) is 17.9 Å². The first-order chi connectivity index (χ1) is 8.88. The maximum atomic E-state index is 4.80. The summed E-state index contributed by atoms with van der Waals surface area (Å²) in [5.74, 6) is 0. The number of alkyl halides is 1. The van der Waals surface area contributed by atoms with Crippen LogP contribution in [-0.2, 0) is 0 Å². The summed E-state index contributed by atoms with van der Waals surface area (Å²) in [6, 6.07) is 9.13. The van der Waals surface area contributed by atoms with E-state index in [0.29, 0.717) is 6.04 Å². The molecule has 0 radical (unpaired) electrons. The van der Waals surface area contributed by atoms with Crippen molar-refractivity contribution >= 4 is 42.6 Å². The summed E-state index contributed by atoms with van der Waals surface area (Å²) in [5, 5.41) is 2.21. The summed E-state index contributed by atoms with van der Waals surface area (Å²) in [5.41, 5.74) is 1.13. The number of hydrogen-bond acceptors (Lipinski definition) is 3. The standard InChI is InChI=1S/C14H17BrN2S/c15-9-10-17(11-5-1-2-6-11)14-16-12-7-3-4-8-13(12)18-14/h3-4,7-8,11H,1-2,5-6,9-10H2. The van der Waals surface area contributed by atoms with Gasteiger partial charge in [0.1, 0.15) is 0 Å². The van der Waals surface area contributed by atoms with Gasteiger partial charge in [-0.2, -0.15) is 0 Å². The van der Waals surface area contributed by atoms with Crippen molar-refractivity contribution in [3.05, 3.63) is 24.3 Å². The van der Waals surface area contributed by atoms with Crippen LogP contribution < -0.4 is 4.90 Å². The topological polar surface area (TPSA) is 16.1 Å². The predicted octanol–water partition coefficient (Wildman–Crippen LogP) is 4.44. The molecule has 0 saturated heterocycles. The van der Waals surface area contributed by atoms with Crippen molar-refractivity contribution in [2.24, 2.45) is 0 Å². The van der Waals surface area contributed by atoms with Gasteiger partial charge in [-0.3, -0.25) is 0 Å². The molecular weight excluding hydrogens is 308 g/mol. The van der Waals surface area contributed by atoms with E-state index in [4.69, 9.17) is 4.98 Å². The molecule has 2 aromatic rings. The van der Waals surface area contributed by atoms with Crippen molar-refractivity contribution in [3.8, 4) is 0 Å². The minimum Gasteiger partial charge on any atom is -0.344 e. The Balaban J connectivity index is 1.92. The smallest absolute Gasteiger partial charge is 0.186 e. The summed E-state index contributed by atoms with van der Waals surface area (Å²) in [6.07, 6.45) is 5.38. The lowest BCUT2D eigenvalue weighted by molar-refractivity contribution is 0.622. The van der Waals surface area contributed by atoms with Crippen molar-refractivity contribution < 1.29 is 0 Å². The van der Waals surface area contributed by atoms with E-state index in [-0.39, 0.29) is 0 Å². The lowest BCUT2D eigenvalue weighted by Gasteiger charge is -2.27. The average Bonchev–Trinajstić information content (AvgIpc) is 3.04. The fourth-order valence-corrected chi connectivity index (χ4v) is 4.17. The Morgan fingerprint density at radius 1 is 1.28 bits per heavy atom. The molecule has 3 rings (SSSR count). The maximum absolute atomic E-state index is 4.80. The maximum Gasteiger partial charge on any atom is 0.186 e. The molecule has 1 aromatic heterocycles. The summed E-state index contributed by atoms with van der Waals surface area (Å²) in [4.78, 5) is 7.31. The van der Waals surface area contributed by atoms with E-state index in [1.807, 2.05) is 11.3 Å². The molecular formula is C14H17BrN2S. The third kappa shape index (κ3) is 2.41. The molecule has 1 fully saturated rings. The quantitative estimate of drug-likeness (QED) is 0.773. The zero-order valence-corrected chi connectivity index (χ0v) is 12.7. The Kier molecular flexibility index (Phi) is 3.85. The van der Waals surface area contributed by atoms with E-state index in [2.05, 4.69) is 45.1 Å². The van der Waals surface area contributed by atoms with Gasteiger partial charge in [0.2, 0.25) is 0 Å². The number of para-hydroxylation sites is 1. The van der Waals surface area contributed by atoms with Crippen molar-refractivity contribution in [2.45, 2.75) is 31.7 Å². The van der Waals surface area contributed by atoms with Crippen LogP contribution in [-0.4, -0.2) is 22.9 Å². The van der Waals surface area contributed by atoms with E-state index in [9.17, 15) is 0 Å². The summed E-state index contributed by atoms with van der Waals surface area (Å²) in [7, 11) is 0. The first kappa shape index (κ1) is 12.4. The first-order valence-electron chi connectivity index (χ1n) is 6.56. The van der Waals surface area contributed by atoms with Crippen molar-refractivity contribution in [3.63, 3.8) is 0 Å². The largest absolute Gasteiger partial charge is 0.344 e. The lowest BCUT2D eigenvalue weighted by Crippen LogP contribution is -2.34. The van der Waals surface area contributed by atoms with Crippen molar-refractivity contribution in [2.75, 3.05) is 16.8 Å². The van der Waals surface area contributed by atoms with Gasteiger partial charge in [0.05, 0.1) is 10.2 Å². The van der Waals surface area contributed by atoms with Crippen LogP contribution in [0, 0.1) is 0 Å². The number of halogens is 1. The molecule has 0 aliphatic heterocycles. The first-order valence-corrected chi connectivity index (χ1v) is 8.50. The normalized spacial score (nSPS) is 16.5. The van der Waals surface area contributed by atoms with Crippen LogP contribution >= 0.6 is 27.3 Å². The number of benzene rings is 1. The van der Waals surface area contributed by atoms with Gasteiger partial charge in [-0.05, 0) is 25.0 Å². The fraction of sp³-hybridized carbons (Fsp3) is 0.500. The van der Waals surface area contributed by atoms with Crippen LogP contribution in [0.15, 0.2) is 24.3 Å². The monoisotopic (exact) mass is 324 g/mol. The van der Waals surface area contributed by atoms with Gasteiger partial charge in [-0.1, -0.05) is 52.2 Å². The highest BCUT2D eigenvalue weighted by molar-refractivity contribution is 9.09. The van der Waals surface area contributed by atoms with Crippen LogP contribution in [0.25, 0.3) is 10.2 Å². The molecule has 1 heterocycles. The van der Waals surface area contributed by atoms with Gasteiger partial charge in [0.15, 0.2) is 5.13 Å². The summed E-state index contributed by atoms with van der Waals surface area (Å²) in [6.45, 7) is 1.06. The van der Waals surface area contributed by atoms with Crippen LogP contribution in [0.4, 0.5) is 5.13 Å².